The highest BCUT2D eigenvalue weighted by molar-refractivity contribution is 7.15. The molecule has 2 fully saturated rings. The molecule has 6 rings (SSSR count). The number of likely N-dealkylation sites (tertiary alicyclic amines) is 1. The number of carbonyl (C=O) groups is 2. The van der Waals surface area contributed by atoms with Crippen molar-refractivity contribution in [2.75, 3.05) is 13.1 Å². The van der Waals surface area contributed by atoms with Crippen LogP contribution in [0.25, 0.3) is 16.1 Å². The molecule has 4 heterocycles. The number of nitrogens with zero attached hydrogens (tertiary/aromatic N) is 4. The van der Waals surface area contributed by atoms with Crippen LogP contribution in [0.5, 0.6) is 0 Å². The third-order valence-electron chi connectivity index (χ3n) is 6.71. The Kier molecular flexibility index (Phi) is 4.95. The molecule has 1 saturated carbocycles. The number of nitrogens with one attached hydrogen (secondary N) is 1. The number of hydrogen-bond acceptors (Lipinski definition) is 5. The fraction of sp³-hybridized carbons (Fsp3) is 0.280. The van der Waals surface area contributed by atoms with Gasteiger partial charge in [-0.2, -0.15) is 0 Å². The van der Waals surface area contributed by atoms with Crippen LogP contribution in [0.1, 0.15) is 32.3 Å². The second-order valence-electron chi connectivity index (χ2n) is 8.93. The molecule has 9 heteroatoms. The highest BCUT2D eigenvalue weighted by Crippen LogP contribution is 2.50. The number of amides is 2. The molecule has 0 spiro atoms. The van der Waals surface area contributed by atoms with Crippen molar-refractivity contribution in [1.82, 2.24) is 24.6 Å². The number of carbonyl (C=O) groups excluding carboxylic acids is 2. The van der Waals surface area contributed by atoms with Gasteiger partial charge in [-0.3, -0.25) is 9.59 Å². The smallest absolute Gasteiger partial charge is 0.274 e. The third-order valence-corrected chi connectivity index (χ3v) is 7.73. The van der Waals surface area contributed by atoms with E-state index < -0.39 is 0 Å². The molecule has 1 aromatic carbocycles. The molecular weight excluding hydrogens is 453 g/mol. The summed E-state index contributed by atoms with van der Waals surface area (Å²) in [7, 11) is 0. The SMILES string of the molecule is Cc1nc(C(=O)N2C[C@H]3C[C@H]3[C@H]2CNC(=O)c2ccc3nccn3c2)c(-c2cccc(F)c2)s1. The van der Waals surface area contributed by atoms with Crippen LogP contribution in [0.4, 0.5) is 4.39 Å². The second-order valence-corrected chi connectivity index (χ2v) is 10.1. The minimum absolute atomic E-state index is 0.0826. The summed E-state index contributed by atoms with van der Waals surface area (Å²) in [4.78, 5) is 37.6. The van der Waals surface area contributed by atoms with Gasteiger partial charge < -0.3 is 14.6 Å². The maximum Gasteiger partial charge on any atom is 0.274 e. The van der Waals surface area contributed by atoms with E-state index in [1.165, 1.54) is 23.5 Å². The lowest BCUT2D eigenvalue weighted by Crippen LogP contribution is -2.45. The minimum atomic E-state index is -0.348. The van der Waals surface area contributed by atoms with Gasteiger partial charge in [0.15, 0.2) is 0 Å². The molecule has 1 aliphatic carbocycles. The van der Waals surface area contributed by atoms with E-state index in [-0.39, 0.29) is 23.7 Å². The van der Waals surface area contributed by atoms with Crippen LogP contribution >= 0.6 is 11.3 Å². The fourth-order valence-electron chi connectivity index (χ4n) is 4.95. The van der Waals surface area contributed by atoms with Gasteiger partial charge in [0, 0.05) is 31.7 Å². The Morgan fingerprint density at radius 1 is 1.26 bits per heavy atom. The molecule has 34 heavy (non-hydrogen) atoms. The summed E-state index contributed by atoms with van der Waals surface area (Å²) >= 11 is 1.39. The van der Waals surface area contributed by atoms with Crippen molar-refractivity contribution in [2.24, 2.45) is 11.8 Å². The van der Waals surface area contributed by atoms with E-state index in [9.17, 15) is 14.0 Å². The van der Waals surface area contributed by atoms with E-state index in [0.717, 1.165) is 17.1 Å². The van der Waals surface area contributed by atoms with Gasteiger partial charge in [0.2, 0.25) is 0 Å². The fourth-order valence-corrected chi connectivity index (χ4v) is 5.86. The summed E-state index contributed by atoms with van der Waals surface area (Å²) in [6, 6.07) is 9.71. The molecule has 0 radical (unpaired) electrons. The van der Waals surface area contributed by atoms with Gasteiger partial charge in [-0.25, -0.2) is 14.4 Å². The summed E-state index contributed by atoms with van der Waals surface area (Å²) in [5.74, 6) is 0.161. The molecule has 3 atom stereocenters. The molecule has 0 unspecified atom stereocenters. The Labute approximate surface area is 199 Å². The van der Waals surface area contributed by atoms with E-state index in [2.05, 4.69) is 15.3 Å². The number of halogens is 1. The minimum Gasteiger partial charge on any atom is -0.350 e. The molecule has 1 saturated heterocycles. The average Bonchev–Trinajstić information content (AvgIpc) is 3.15. The highest BCUT2D eigenvalue weighted by atomic mass is 32.1. The van der Waals surface area contributed by atoms with Crippen LogP contribution in [-0.4, -0.2) is 50.2 Å². The van der Waals surface area contributed by atoms with Gasteiger partial charge in [0.1, 0.15) is 17.2 Å². The standard InChI is InChI=1S/C25H22FN5O2S/c1-14-29-22(23(34-14)15-3-2-4-18(26)9-15)25(33)31-13-17-10-19(17)20(31)11-28-24(32)16-5-6-21-27-7-8-30(21)12-16/h2-9,12,17,19-20H,10-11,13H2,1H3,(H,28,32)/t17-,19-,20-/m1/s1. The van der Waals surface area contributed by atoms with Crippen molar-refractivity contribution >= 4 is 28.8 Å². The summed E-state index contributed by atoms with van der Waals surface area (Å²) in [6.07, 6.45) is 6.30. The van der Waals surface area contributed by atoms with E-state index in [1.807, 2.05) is 11.8 Å². The molecule has 0 bridgehead atoms. The van der Waals surface area contributed by atoms with Crippen LogP contribution in [0.15, 0.2) is 55.0 Å². The van der Waals surface area contributed by atoms with E-state index >= 15 is 0 Å². The Balaban J connectivity index is 1.21. The molecule has 2 aliphatic rings. The van der Waals surface area contributed by atoms with E-state index in [4.69, 9.17) is 0 Å². The first-order valence-electron chi connectivity index (χ1n) is 11.2. The van der Waals surface area contributed by atoms with Crippen molar-refractivity contribution in [3.63, 3.8) is 0 Å². The van der Waals surface area contributed by atoms with Crippen molar-refractivity contribution in [3.8, 4) is 10.4 Å². The van der Waals surface area contributed by atoms with Gasteiger partial charge in [0.25, 0.3) is 11.8 Å². The zero-order valence-corrected chi connectivity index (χ0v) is 19.3. The van der Waals surface area contributed by atoms with E-state index in [1.54, 1.807) is 47.3 Å². The van der Waals surface area contributed by atoms with Crippen LogP contribution in [0, 0.1) is 24.6 Å². The Bertz CT molecular complexity index is 1430. The van der Waals surface area contributed by atoms with Gasteiger partial charge in [0.05, 0.1) is 21.5 Å². The Hall–Kier alpha value is -3.59. The molecular formula is C25H22FN5O2S. The molecule has 7 nitrogen and oxygen atoms in total. The Morgan fingerprint density at radius 3 is 3.00 bits per heavy atom. The number of aromatic nitrogens is 3. The van der Waals surface area contributed by atoms with Gasteiger partial charge in [-0.05, 0) is 55.0 Å². The zero-order valence-electron chi connectivity index (χ0n) is 18.4. The lowest BCUT2D eigenvalue weighted by molar-refractivity contribution is 0.0690. The molecule has 3 aromatic heterocycles. The van der Waals surface area contributed by atoms with Crippen molar-refractivity contribution in [3.05, 3.63) is 77.1 Å². The van der Waals surface area contributed by atoms with Gasteiger partial charge >= 0.3 is 0 Å². The van der Waals surface area contributed by atoms with Gasteiger partial charge in [-0.1, -0.05) is 12.1 Å². The van der Waals surface area contributed by atoms with E-state index in [0.29, 0.717) is 46.6 Å². The quantitative estimate of drug-likeness (QED) is 0.476. The molecule has 1 aliphatic heterocycles. The lowest BCUT2D eigenvalue weighted by Gasteiger charge is -2.27. The monoisotopic (exact) mass is 475 g/mol. The molecule has 1 N–H and O–H groups in total. The maximum atomic E-state index is 13.8. The summed E-state index contributed by atoms with van der Waals surface area (Å²) in [6.45, 7) is 2.89. The van der Waals surface area contributed by atoms with Crippen molar-refractivity contribution in [1.29, 1.82) is 0 Å². The first kappa shape index (κ1) is 21.0. The van der Waals surface area contributed by atoms with Crippen LogP contribution in [0.2, 0.25) is 0 Å². The van der Waals surface area contributed by atoms with Crippen molar-refractivity contribution in [2.45, 2.75) is 19.4 Å². The number of benzene rings is 1. The number of thiazole rings is 1. The van der Waals surface area contributed by atoms with Crippen molar-refractivity contribution < 1.29 is 14.0 Å². The number of hydrogen-bond donors (Lipinski definition) is 1. The number of fused-ring (bicyclic) bond motifs is 2. The third kappa shape index (κ3) is 3.66. The molecule has 4 aromatic rings. The second kappa shape index (κ2) is 8.02. The van der Waals surface area contributed by atoms with Gasteiger partial charge in [-0.15, -0.1) is 11.3 Å². The summed E-state index contributed by atoms with van der Waals surface area (Å²) in [5.41, 5.74) is 2.32. The lowest BCUT2D eigenvalue weighted by atomic mass is 10.1. The number of rotatable bonds is 5. The number of aryl methyl sites for hydroxylation is 1. The highest BCUT2D eigenvalue weighted by Gasteiger charge is 2.54. The predicted octanol–water partition coefficient (Wildman–Crippen LogP) is 3.80. The number of imidazole rings is 1. The topological polar surface area (TPSA) is 79.6 Å². The van der Waals surface area contributed by atoms with Crippen LogP contribution < -0.4 is 5.32 Å². The summed E-state index contributed by atoms with van der Waals surface area (Å²) < 4.78 is 15.6. The first-order chi connectivity index (χ1) is 16.5. The predicted molar refractivity (Wildman–Crippen MR) is 126 cm³/mol. The number of piperidine rings is 1. The normalized spacial score (nSPS) is 21.0. The maximum absolute atomic E-state index is 13.8. The number of pyridine rings is 1. The Morgan fingerprint density at radius 2 is 2.15 bits per heavy atom. The van der Waals surface area contributed by atoms with Crippen LogP contribution in [0.3, 0.4) is 0 Å². The first-order valence-corrected chi connectivity index (χ1v) is 12.0. The molecule has 172 valence electrons. The largest absolute Gasteiger partial charge is 0.350 e. The summed E-state index contributed by atoms with van der Waals surface area (Å²) in [5, 5.41) is 3.77. The molecule has 2 amide bonds. The average molecular weight is 476 g/mol. The zero-order chi connectivity index (χ0) is 23.4. The van der Waals surface area contributed by atoms with Crippen LogP contribution in [-0.2, 0) is 0 Å².